The molecule has 104 valence electrons. The Labute approximate surface area is 117 Å². The van der Waals surface area contributed by atoms with Crippen LogP contribution in [0.4, 0.5) is 0 Å². The summed E-state index contributed by atoms with van der Waals surface area (Å²) < 4.78 is 11.6. The molecule has 1 aliphatic rings. The molecular formula is C16H24O2Si. The summed E-state index contributed by atoms with van der Waals surface area (Å²) in [5, 5.41) is 0. The topological polar surface area (TPSA) is 18.5 Å². The number of hydrogen-bond acceptors (Lipinski definition) is 2. The van der Waals surface area contributed by atoms with Gasteiger partial charge >= 0.3 is 0 Å². The highest BCUT2D eigenvalue weighted by atomic mass is 28.4. The second kappa shape index (κ2) is 5.82. The SMILES string of the molecule is COc1cccc(C2=C(O[Si](C)(C)C)CCCC2)c1. The lowest BCUT2D eigenvalue weighted by molar-refractivity contribution is 0.385. The predicted molar refractivity (Wildman–Crippen MR) is 82.8 cm³/mol. The first-order valence-corrected chi connectivity index (χ1v) is 10.5. The number of ether oxygens (including phenoxy) is 1. The quantitative estimate of drug-likeness (QED) is 0.733. The summed E-state index contributed by atoms with van der Waals surface area (Å²) in [6.45, 7) is 6.74. The van der Waals surface area contributed by atoms with Crippen molar-refractivity contribution < 1.29 is 9.16 Å². The molecule has 0 heterocycles. The van der Waals surface area contributed by atoms with Crippen LogP contribution >= 0.6 is 0 Å². The van der Waals surface area contributed by atoms with Crippen molar-refractivity contribution in [3.63, 3.8) is 0 Å². The molecule has 0 unspecified atom stereocenters. The first-order chi connectivity index (χ1) is 8.99. The van der Waals surface area contributed by atoms with Gasteiger partial charge in [-0.25, -0.2) is 0 Å². The zero-order chi connectivity index (χ0) is 13.9. The van der Waals surface area contributed by atoms with E-state index < -0.39 is 8.32 Å². The van der Waals surface area contributed by atoms with Crippen LogP contribution in [0.5, 0.6) is 5.75 Å². The molecule has 0 fully saturated rings. The molecular weight excluding hydrogens is 252 g/mol. The third-order valence-electron chi connectivity index (χ3n) is 3.26. The van der Waals surface area contributed by atoms with E-state index in [9.17, 15) is 0 Å². The van der Waals surface area contributed by atoms with E-state index in [1.54, 1.807) is 7.11 Å². The number of allylic oxidation sites excluding steroid dienone is 2. The molecule has 0 atom stereocenters. The molecule has 0 N–H and O–H groups in total. The van der Waals surface area contributed by atoms with Crippen LogP contribution < -0.4 is 4.74 Å². The van der Waals surface area contributed by atoms with Crippen LogP contribution in [-0.4, -0.2) is 15.4 Å². The van der Waals surface area contributed by atoms with Crippen molar-refractivity contribution in [2.45, 2.75) is 45.3 Å². The highest BCUT2D eigenvalue weighted by molar-refractivity contribution is 6.70. The van der Waals surface area contributed by atoms with Crippen molar-refractivity contribution in [1.29, 1.82) is 0 Å². The van der Waals surface area contributed by atoms with Crippen molar-refractivity contribution >= 4 is 13.9 Å². The molecule has 0 aromatic heterocycles. The van der Waals surface area contributed by atoms with Crippen LogP contribution in [0.15, 0.2) is 30.0 Å². The lowest BCUT2D eigenvalue weighted by atomic mass is 9.92. The maximum absolute atomic E-state index is 6.30. The summed E-state index contributed by atoms with van der Waals surface area (Å²) in [5.41, 5.74) is 2.64. The molecule has 0 saturated heterocycles. The van der Waals surface area contributed by atoms with Crippen molar-refractivity contribution in [1.82, 2.24) is 0 Å². The molecule has 2 nitrogen and oxygen atoms in total. The second-order valence-electron chi connectivity index (χ2n) is 6.06. The number of methoxy groups -OCH3 is 1. The molecule has 1 aromatic rings. The van der Waals surface area contributed by atoms with Gasteiger partial charge in [-0.15, -0.1) is 0 Å². The van der Waals surface area contributed by atoms with Gasteiger partial charge in [0.05, 0.1) is 12.9 Å². The van der Waals surface area contributed by atoms with E-state index >= 15 is 0 Å². The fourth-order valence-electron chi connectivity index (χ4n) is 2.48. The van der Waals surface area contributed by atoms with Gasteiger partial charge in [-0.3, -0.25) is 0 Å². The van der Waals surface area contributed by atoms with Gasteiger partial charge in [-0.1, -0.05) is 12.1 Å². The van der Waals surface area contributed by atoms with Crippen LogP contribution in [0.3, 0.4) is 0 Å². The van der Waals surface area contributed by atoms with E-state index in [0.717, 1.165) is 18.6 Å². The lowest BCUT2D eigenvalue weighted by Gasteiger charge is -2.28. The summed E-state index contributed by atoms with van der Waals surface area (Å²) in [4.78, 5) is 0. The van der Waals surface area contributed by atoms with Gasteiger partial charge in [0, 0.05) is 6.42 Å². The fourth-order valence-corrected chi connectivity index (χ4v) is 3.44. The molecule has 2 rings (SSSR count). The average molecular weight is 276 g/mol. The first kappa shape index (κ1) is 14.2. The number of rotatable bonds is 4. The highest BCUT2D eigenvalue weighted by Crippen LogP contribution is 2.35. The minimum atomic E-state index is -1.53. The molecule has 19 heavy (non-hydrogen) atoms. The zero-order valence-electron chi connectivity index (χ0n) is 12.5. The standard InChI is InChI=1S/C16H24O2Si/c1-17-14-9-7-8-13(12-14)15-10-5-6-11-16(15)18-19(2,3)4/h7-9,12H,5-6,10-11H2,1-4H3. The third kappa shape index (κ3) is 3.87. The van der Waals surface area contributed by atoms with Crippen molar-refractivity contribution in [2.24, 2.45) is 0 Å². The van der Waals surface area contributed by atoms with Crippen LogP contribution in [0.2, 0.25) is 19.6 Å². The molecule has 0 aliphatic heterocycles. The summed E-state index contributed by atoms with van der Waals surface area (Å²) in [5.74, 6) is 2.14. The minimum Gasteiger partial charge on any atom is -0.547 e. The molecule has 1 aromatic carbocycles. The average Bonchev–Trinajstić information content (AvgIpc) is 2.37. The molecule has 0 spiro atoms. The van der Waals surface area contributed by atoms with Gasteiger partial charge in [0.15, 0.2) is 0 Å². The van der Waals surface area contributed by atoms with Gasteiger partial charge in [0.25, 0.3) is 0 Å². The Bertz CT molecular complexity index is 472. The Hall–Kier alpha value is -1.22. The first-order valence-electron chi connectivity index (χ1n) is 7.05. The minimum absolute atomic E-state index is 0.919. The van der Waals surface area contributed by atoms with E-state index in [1.807, 2.05) is 6.07 Å². The van der Waals surface area contributed by atoms with E-state index in [2.05, 4.69) is 37.8 Å². The summed E-state index contributed by atoms with van der Waals surface area (Å²) in [7, 11) is 0.186. The van der Waals surface area contributed by atoms with Crippen LogP contribution in [-0.2, 0) is 4.43 Å². The Morgan fingerprint density at radius 3 is 2.47 bits per heavy atom. The van der Waals surface area contributed by atoms with E-state index in [0.29, 0.717) is 0 Å². The van der Waals surface area contributed by atoms with E-state index in [4.69, 9.17) is 9.16 Å². The normalized spacial score (nSPS) is 16.4. The molecule has 0 saturated carbocycles. The molecule has 0 radical (unpaired) electrons. The summed E-state index contributed by atoms with van der Waals surface area (Å²) >= 11 is 0. The molecule has 0 amide bonds. The van der Waals surface area contributed by atoms with Crippen LogP contribution in [0.25, 0.3) is 5.57 Å². The van der Waals surface area contributed by atoms with Gasteiger partial charge in [-0.2, -0.15) is 0 Å². The van der Waals surface area contributed by atoms with E-state index in [-0.39, 0.29) is 0 Å². The van der Waals surface area contributed by atoms with Gasteiger partial charge < -0.3 is 9.16 Å². The molecule has 0 bridgehead atoms. The highest BCUT2D eigenvalue weighted by Gasteiger charge is 2.22. The molecule has 3 heteroatoms. The largest absolute Gasteiger partial charge is 0.547 e. The monoisotopic (exact) mass is 276 g/mol. The third-order valence-corrected chi connectivity index (χ3v) is 4.12. The van der Waals surface area contributed by atoms with Gasteiger partial charge in [-0.05, 0) is 62.2 Å². The molecule has 1 aliphatic carbocycles. The lowest BCUT2D eigenvalue weighted by Crippen LogP contribution is -2.26. The second-order valence-corrected chi connectivity index (χ2v) is 10.5. The zero-order valence-corrected chi connectivity index (χ0v) is 13.5. The summed E-state index contributed by atoms with van der Waals surface area (Å²) in [6, 6.07) is 8.33. The summed E-state index contributed by atoms with van der Waals surface area (Å²) in [6.07, 6.45) is 4.70. The maximum atomic E-state index is 6.30. The van der Waals surface area contributed by atoms with Crippen LogP contribution in [0, 0.1) is 0 Å². The number of benzene rings is 1. The predicted octanol–water partition coefficient (Wildman–Crippen LogP) is 4.83. The Morgan fingerprint density at radius 2 is 1.79 bits per heavy atom. The smallest absolute Gasteiger partial charge is 0.241 e. The Morgan fingerprint density at radius 1 is 1.05 bits per heavy atom. The maximum Gasteiger partial charge on any atom is 0.241 e. The number of hydrogen-bond donors (Lipinski definition) is 0. The van der Waals surface area contributed by atoms with Crippen molar-refractivity contribution in [2.75, 3.05) is 7.11 Å². The van der Waals surface area contributed by atoms with E-state index in [1.165, 1.54) is 29.7 Å². The van der Waals surface area contributed by atoms with Gasteiger partial charge in [0.2, 0.25) is 8.32 Å². The van der Waals surface area contributed by atoms with Crippen molar-refractivity contribution in [3.8, 4) is 5.75 Å². The Balaban J connectivity index is 2.36. The van der Waals surface area contributed by atoms with Crippen LogP contribution in [0.1, 0.15) is 31.2 Å². The Kier molecular flexibility index (Phi) is 4.35. The fraction of sp³-hybridized carbons (Fsp3) is 0.500. The van der Waals surface area contributed by atoms with Crippen molar-refractivity contribution in [3.05, 3.63) is 35.6 Å². The van der Waals surface area contributed by atoms with Gasteiger partial charge in [0.1, 0.15) is 5.75 Å².